The van der Waals surface area contributed by atoms with E-state index in [0.29, 0.717) is 24.4 Å². The van der Waals surface area contributed by atoms with E-state index < -0.39 is 4.92 Å². The highest BCUT2D eigenvalue weighted by Gasteiger charge is 2.12. The van der Waals surface area contributed by atoms with Crippen LogP contribution in [-0.4, -0.2) is 21.4 Å². The van der Waals surface area contributed by atoms with Gasteiger partial charge in [-0.1, -0.05) is 12.1 Å². The number of nitro groups is 1. The third kappa shape index (κ3) is 2.97. The first-order valence-electron chi connectivity index (χ1n) is 5.82. The van der Waals surface area contributed by atoms with E-state index in [1.807, 2.05) is 6.92 Å². The molecule has 0 aliphatic heterocycles. The fraction of sp³-hybridized carbons (Fsp3) is 0.250. The van der Waals surface area contributed by atoms with Gasteiger partial charge >= 0.3 is 0 Å². The van der Waals surface area contributed by atoms with E-state index in [-0.39, 0.29) is 23.6 Å². The lowest BCUT2D eigenvalue weighted by atomic mass is 10.2. The van der Waals surface area contributed by atoms with Crippen molar-refractivity contribution in [3.63, 3.8) is 0 Å². The molecule has 0 aliphatic carbocycles. The van der Waals surface area contributed by atoms with Crippen LogP contribution in [0, 0.1) is 10.1 Å². The molecule has 0 spiro atoms. The van der Waals surface area contributed by atoms with Gasteiger partial charge in [-0.2, -0.15) is 4.98 Å². The second-order valence-corrected chi connectivity index (χ2v) is 3.84. The summed E-state index contributed by atoms with van der Waals surface area (Å²) in [6.07, 6.45) is 1.11. The molecule has 1 heterocycles. The lowest BCUT2D eigenvalue weighted by molar-refractivity contribution is -0.384. The minimum atomic E-state index is -0.580. The molecule has 8 heteroatoms. The molecule has 2 aromatic rings. The van der Waals surface area contributed by atoms with Gasteiger partial charge in [0.05, 0.1) is 10.5 Å². The molecule has 0 atom stereocenters. The quantitative estimate of drug-likeness (QED) is 0.450. The highest BCUT2D eigenvalue weighted by atomic mass is 16.6. The molecule has 0 N–H and O–H groups in total. The van der Waals surface area contributed by atoms with E-state index >= 15 is 0 Å². The van der Waals surface area contributed by atoms with E-state index in [1.165, 1.54) is 12.1 Å². The van der Waals surface area contributed by atoms with Gasteiger partial charge in [0.2, 0.25) is 11.7 Å². The van der Waals surface area contributed by atoms with Crippen molar-refractivity contribution in [3.8, 4) is 5.75 Å². The summed E-state index contributed by atoms with van der Waals surface area (Å²) in [4.78, 5) is 25.0. The SMILES string of the molecule is CCc1nc(COc2ccc([N+](=O)[O-])cc2C=O)no1. The van der Waals surface area contributed by atoms with Crippen molar-refractivity contribution in [2.45, 2.75) is 20.0 Å². The summed E-state index contributed by atoms with van der Waals surface area (Å²) >= 11 is 0. The van der Waals surface area contributed by atoms with Crippen molar-refractivity contribution in [2.75, 3.05) is 0 Å². The fourth-order valence-electron chi connectivity index (χ4n) is 1.51. The summed E-state index contributed by atoms with van der Waals surface area (Å²) in [6, 6.07) is 3.77. The number of carbonyl (C=O) groups excluding carboxylic acids is 1. The molecule has 0 saturated heterocycles. The number of aryl methyl sites for hydroxylation is 1. The van der Waals surface area contributed by atoms with E-state index in [2.05, 4.69) is 10.1 Å². The average Bonchev–Trinajstić information content (AvgIpc) is 2.92. The zero-order valence-electron chi connectivity index (χ0n) is 10.6. The molecule has 8 nitrogen and oxygen atoms in total. The Balaban J connectivity index is 2.12. The van der Waals surface area contributed by atoms with E-state index in [1.54, 1.807) is 0 Å². The first-order chi connectivity index (χ1) is 9.63. The van der Waals surface area contributed by atoms with Crippen LogP contribution >= 0.6 is 0 Å². The number of aromatic nitrogens is 2. The molecule has 0 bridgehead atoms. The lowest BCUT2D eigenvalue weighted by Crippen LogP contribution is -2.01. The monoisotopic (exact) mass is 277 g/mol. The van der Waals surface area contributed by atoms with Gasteiger partial charge in [-0.15, -0.1) is 0 Å². The maximum Gasteiger partial charge on any atom is 0.270 e. The largest absolute Gasteiger partial charge is 0.485 e. The normalized spacial score (nSPS) is 10.2. The summed E-state index contributed by atoms with van der Waals surface area (Å²) in [5.41, 5.74) is -0.0781. The third-order valence-electron chi connectivity index (χ3n) is 2.50. The highest BCUT2D eigenvalue weighted by molar-refractivity contribution is 5.80. The van der Waals surface area contributed by atoms with Crippen LogP contribution in [0.4, 0.5) is 5.69 Å². The van der Waals surface area contributed by atoms with Crippen LogP contribution < -0.4 is 4.74 Å². The Hall–Kier alpha value is -2.77. The predicted molar refractivity (Wildman–Crippen MR) is 66.5 cm³/mol. The van der Waals surface area contributed by atoms with Crippen molar-refractivity contribution < 1.29 is 19.0 Å². The van der Waals surface area contributed by atoms with E-state index in [0.717, 1.165) is 6.07 Å². The molecular weight excluding hydrogens is 266 g/mol. The van der Waals surface area contributed by atoms with Gasteiger partial charge in [-0.3, -0.25) is 14.9 Å². The van der Waals surface area contributed by atoms with E-state index in [4.69, 9.17) is 9.26 Å². The second-order valence-electron chi connectivity index (χ2n) is 3.84. The predicted octanol–water partition coefficient (Wildman–Crippen LogP) is 1.93. The van der Waals surface area contributed by atoms with Crippen LogP contribution in [0.15, 0.2) is 22.7 Å². The second kappa shape index (κ2) is 5.91. The van der Waals surface area contributed by atoms with Crippen LogP contribution in [0.3, 0.4) is 0 Å². The van der Waals surface area contributed by atoms with Gasteiger partial charge < -0.3 is 9.26 Å². The van der Waals surface area contributed by atoms with Gasteiger partial charge in [-0.25, -0.2) is 0 Å². The number of aldehydes is 1. The summed E-state index contributed by atoms with van der Waals surface area (Å²) in [7, 11) is 0. The average molecular weight is 277 g/mol. The van der Waals surface area contributed by atoms with Crippen molar-refractivity contribution in [1.82, 2.24) is 10.1 Å². The minimum Gasteiger partial charge on any atom is -0.485 e. The minimum absolute atomic E-state index is 0.0160. The number of rotatable bonds is 6. The molecule has 1 aromatic carbocycles. The Bertz CT molecular complexity index is 638. The van der Waals surface area contributed by atoms with Crippen molar-refractivity contribution in [3.05, 3.63) is 45.6 Å². The third-order valence-corrected chi connectivity index (χ3v) is 2.50. The topological polar surface area (TPSA) is 108 Å². The molecule has 0 amide bonds. The Morgan fingerprint density at radius 1 is 1.50 bits per heavy atom. The van der Waals surface area contributed by atoms with Crippen LogP contribution in [0.5, 0.6) is 5.75 Å². The smallest absolute Gasteiger partial charge is 0.270 e. The molecule has 0 unspecified atom stereocenters. The number of nitrogens with zero attached hydrogens (tertiary/aromatic N) is 3. The number of hydrogen-bond acceptors (Lipinski definition) is 7. The molecule has 1 aromatic heterocycles. The van der Waals surface area contributed by atoms with Crippen LogP contribution in [-0.2, 0) is 13.0 Å². The molecule has 104 valence electrons. The molecular formula is C12H11N3O5. The van der Waals surface area contributed by atoms with Gasteiger partial charge in [0.15, 0.2) is 12.9 Å². The summed E-state index contributed by atoms with van der Waals surface area (Å²) < 4.78 is 10.3. The summed E-state index contributed by atoms with van der Waals surface area (Å²) in [5, 5.41) is 14.3. The molecule has 0 saturated carbocycles. The number of ether oxygens (including phenoxy) is 1. The van der Waals surface area contributed by atoms with Crippen molar-refractivity contribution >= 4 is 12.0 Å². The number of carbonyl (C=O) groups is 1. The van der Waals surface area contributed by atoms with Crippen LogP contribution in [0.25, 0.3) is 0 Å². The number of nitro benzene ring substituents is 1. The highest BCUT2D eigenvalue weighted by Crippen LogP contribution is 2.23. The summed E-state index contributed by atoms with van der Waals surface area (Å²) in [6.45, 7) is 1.89. The van der Waals surface area contributed by atoms with Gasteiger partial charge in [0.25, 0.3) is 5.69 Å². The first-order valence-corrected chi connectivity index (χ1v) is 5.82. The van der Waals surface area contributed by atoms with Gasteiger partial charge in [-0.05, 0) is 6.07 Å². The van der Waals surface area contributed by atoms with Gasteiger partial charge in [0, 0.05) is 18.6 Å². The Morgan fingerprint density at radius 2 is 2.30 bits per heavy atom. The zero-order valence-corrected chi connectivity index (χ0v) is 10.6. The van der Waals surface area contributed by atoms with Crippen LogP contribution in [0.2, 0.25) is 0 Å². The molecule has 20 heavy (non-hydrogen) atoms. The standard InChI is InChI=1S/C12H11N3O5/c1-2-12-13-11(14-20-12)7-19-10-4-3-9(15(17)18)5-8(10)6-16/h3-6H,2,7H2,1H3. The lowest BCUT2D eigenvalue weighted by Gasteiger charge is -2.05. The molecule has 0 radical (unpaired) electrons. The Kier molecular flexibility index (Phi) is 4.04. The molecule has 0 fully saturated rings. The van der Waals surface area contributed by atoms with Crippen LogP contribution in [0.1, 0.15) is 29.0 Å². The Morgan fingerprint density at radius 3 is 2.90 bits per heavy atom. The maximum atomic E-state index is 10.9. The van der Waals surface area contributed by atoms with E-state index in [9.17, 15) is 14.9 Å². The fourth-order valence-corrected chi connectivity index (χ4v) is 1.51. The number of non-ortho nitro benzene ring substituents is 1. The number of benzene rings is 1. The van der Waals surface area contributed by atoms with Gasteiger partial charge in [0.1, 0.15) is 5.75 Å². The summed E-state index contributed by atoms with van der Waals surface area (Å²) in [5.74, 6) is 1.06. The van der Waals surface area contributed by atoms with Crippen molar-refractivity contribution in [1.29, 1.82) is 0 Å². The first kappa shape index (κ1) is 13.7. The maximum absolute atomic E-state index is 10.9. The number of hydrogen-bond donors (Lipinski definition) is 0. The molecule has 2 rings (SSSR count). The van der Waals surface area contributed by atoms with Crippen molar-refractivity contribution in [2.24, 2.45) is 0 Å². The Labute approximate surface area is 113 Å². The molecule has 0 aliphatic rings. The zero-order chi connectivity index (χ0) is 14.5.